The first-order valence-corrected chi connectivity index (χ1v) is 6.25. The molecule has 0 fully saturated rings. The molecule has 1 aromatic carbocycles. The second-order valence-electron chi connectivity index (χ2n) is 3.67. The minimum atomic E-state index is -0.909. The Morgan fingerprint density at radius 2 is 2.00 bits per heavy atom. The van der Waals surface area contributed by atoms with E-state index in [4.69, 9.17) is 5.11 Å². The van der Waals surface area contributed by atoms with Gasteiger partial charge in [-0.3, -0.25) is 9.59 Å². The minimum absolute atomic E-state index is 0.0538. The maximum Gasteiger partial charge on any atom is 0.305 e. The van der Waals surface area contributed by atoms with Crippen LogP contribution in [0.15, 0.2) is 35.2 Å². The summed E-state index contributed by atoms with van der Waals surface area (Å²) in [5.74, 6) is -0.755. The van der Waals surface area contributed by atoms with Gasteiger partial charge in [-0.25, -0.2) is 0 Å². The van der Waals surface area contributed by atoms with E-state index in [-0.39, 0.29) is 18.4 Å². The molecule has 0 saturated carbocycles. The van der Waals surface area contributed by atoms with Crippen molar-refractivity contribution < 1.29 is 14.7 Å². The predicted octanol–water partition coefficient (Wildman–Crippen LogP) is 1.76. The first-order valence-electron chi connectivity index (χ1n) is 5.27. The van der Waals surface area contributed by atoms with Crippen molar-refractivity contribution in [3.63, 3.8) is 0 Å². The third-order valence-electron chi connectivity index (χ3n) is 2.00. The van der Waals surface area contributed by atoms with E-state index in [0.29, 0.717) is 5.75 Å². The summed E-state index contributed by atoms with van der Waals surface area (Å²) in [4.78, 5) is 22.9. The number of carbonyl (C=O) groups is 2. The molecule has 17 heavy (non-hydrogen) atoms. The number of thioether (sulfide) groups is 1. The van der Waals surface area contributed by atoms with E-state index in [9.17, 15) is 9.59 Å². The summed E-state index contributed by atoms with van der Waals surface area (Å²) in [6, 6.07) is 9.26. The van der Waals surface area contributed by atoms with Crippen LogP contribution in [0, 0.1) is 0 Å². The van der Waals surface area contributed by atoms with Gasteiger partial charge in [0, 0.05) is 10.9 Å². The zero-order valence-corrected chi connectivity index (χ0v) is 10.4. The van der Waals surface area contributed by atoms with Crippen LogP contribution >= 0.6 is 11.8 Å². The van der Waals surface area contributed by atoms with E-state index in [1.807, 2.05) is 30.3 Å². The molecule has 2 N–H and O–H groups in total. The number of rotatable bonds is 6. The van der Waals surface area contributed by atoms with Crippen molar-refractivity contribution in [2.75, 3.05) is 5.75 Å². The number of aliphatic carboxylic acids is 1. The highest BCUT2D eigenvalue weighted by Crippen LogP contribution is 2.16. The molecule has 92 valence electrons. The Morgan fingerprint density at radius 1 is 1.35 bits per heavy atom. The van der Waals surface area contributed by atoms with E-state index < -0.39 is 5.97 Å². The van der Waals surface area contributed by atoms with Crippen LogP contribution in [0.5, 0.6) is 0 Å². The predicted molar refractivity (Wildman–Crippen MR) is 67.0 cm³/mol. The summed E-state index contributed by atoms with van der Waals surface area (Å²) in [6.45, 7) is 1.68. The van der Waals surface area contributed by atoms with Gasteiger partial charge in [-0.2, -0.15) is 0 Å². The lowest BCUT2D eigenvalue weighted by Gasteiger charge is -2.11. The lowest BCUT2D eigenvalue weighted by Crippen LogP contribution is -2.35. The molecule has 0 unspecified atom stereocenters. The molecular formula is C12H15NO3S. The van der Waals surface area contributed by atoms with Gasteiger partial charge >= 0.3 is 5.97 Å². The highest BCUT2D eigenvalue weighted by Gasteiger charge is 2.10. The number of carbonyl (C=O) groups excluding carboxylic acids is 1. The molecule has 1 amide bonds. The molecule has 4 nitrogen and oxygen atoms in total. The molecule has 1 atom stereocenters. The molecule has 0 radical (unpaired) electrons. The van der Waals surface area contributed by atoms with Crippen molar-refractivity contribution >= 4 is 23.6 Å². The van der Waals surface area contributed by atoms with Gasteiger partial charge in [0.25, 0.3) is 0 Å². The first-order chi connectivity index (χ1) is 8.08. The van der Waals surface area contributed by atoms with E-state index in [0.717, 1.165) is 4.90 Å². The molecule has 0 spiro atoms. The SMILES string of the molecule is C[C@@H](CC(=O)O)NC(=O)CSc1ccccc1. The van der Waals surface area contributed by atoms with E-state index in [2.05, 4.69) is 5.32 Å². The number of nitrogens with one attached hydrogen (secondary N) is 1. The van der Waals surface area contributed by atoms with Crippen molar-refractivity contribution in [1.29, 1.82) is 0 Å². The lowest BCUT2D eigenvalue weighted by molar-refractivity contribution is -0.137. The largest absolute Gasteiger partial charge is 0.481 e. The van der Waals surface area contributed by atoms with E-state index >= 15 is 0 Å². The average Bonchev–Trinajstić information content (AvgIpc) is 2.26. The molecular weight excluding hydrogens is 238 g/mol. The molecule has 0 bridgehead atoms. The van der Waals surface area contributed by atoms with Crippen molar-refractivity contribution in [1.82, 2.24) is 5.32 Å². The van der Waals surface area contributed by atoms with E-state index in [1.165, 1.54) is 11.8 Å². The Labute approximate surface area is 104 Å². The van der Waals surface area contributed by atoms with Gasteiger partial charge in [-0.05, 0) is 19.1 Å². The molecule has 0 heterocycles. The first kappa shape index (κ1) is 13.6. The van der Waals surface area contributed by atoms with E-state index in [1.54, 1.807) is 6.92 Å². The van der Waals surface area contributed by atoms with Crippen LogP contribution in [-0.4, -0.2) is 28.8 Å². The fraction of sp³-hybridized carbons (Fsp3) is 0.333. The smallest absolute Gasteiger partial charge is 0.305 e. The summed E-state index contributed by atoms with van der Waals surface area (Å²) in [7, 11) is 0. The Hall–Kier alpha value is -1.49. The molecule has 0 aliphatic carbocycles. The summed E-state index contributed by atoms with van der Waals surface area (Å²) in [5, 5.41) is 11.2. The minimum Gasteiger partial charge on any atom is -0.481 e. The van der Waals surface area contributed by atoms with Gasteiger partial charge < -0.3 is 10.4 Å². The number of benzene rings is 1. The van der Waals surface area contributed by atoms with Crippen molar-refractivity contribution in [2.24, 2.45) is 0 Å². The van der Waals surface area contributed by atoms with Crippen LogP contribution in [0.25, 0.3) is 0 Å². The molecule has 1 rings (SSSR count). The molecule has 0 aliphatic rings. The standard InChI is InChI=1S/C12H15NO3S/c1-9(7-12(15)16)13-11(14)8-17-10-5-3-2-4-6-10/h2-6,9H,7-8H2,1H3,(H,13,14)(H,15,16)/t9-/m0/s1. The monoisotopic (exact) mass is 253 g/mol. The summed E-state index contributed by atoms with van der Waals surface area (Å²) in [5.41, 5.74) is 0. The van der Waals surface area contributed by atoms with Crippen molar-refractivity contribution in [3.05, 3.63) is 30.3 Å². The van der Waals surface area contributed by atoms with Gasteiger partial charge in [0.2, 0.25) is 5.91 Å². The summed E-state index contributed by atoms with van der Waals surface area (Å²) < 4.78 is 0. The van der Waals surface area contributed by atoms with Gasteiger partial charge in [0.1, 0.15) is 0 Å². The van der Waals surface area contributed by atoms with Gasteiger partial charge in [-0.1, -0.05) is 18.2 Å². The molecule has 0 saturated heterocycles. The maximum absolute atomic E-state index is 11.5. The van der Waals surface area contributed by atoms with Crippen LogP contribution in [0.4, 0.5) is 0 Å². The van der Waals surface area contributed by atoms with Crippen LogP contribution < -0.4 is 5.32 Å². The van der Waals surface area contributed by atoms with Crippen LogP contribution in [-0.2, 0) is 9.59 Å². The number of carboxylic acid groups (broad SMARTS) is 1. The van der Waals surface area contributed by atoms with Crippen LogP contribution in [0.3, 0.4) is 0 Å². The highest BCUT2D eigenvalue weighted by atomic mass is 32.2. The molecule has 1 aromatic rings. The lowest BCUT2D eigenvalue weighted by atomic mass is 10.2. The number of carboxylic acids is 1. The van der Waals surface area contributed by atoms with Gasteiger partial charge in [-0.15, -0.1) is 11.8 Å². The maximum atomic E-state index is 11.5. The highest BCUT2D eigenvalue weighted by molar-refractivity contribution is 8.00. The quantitative estimate of drug-likeness (QED) is 0.758. The Bertz CT molecular complexity index is 381. The third-order valence-corrected chi connectivity index (χ3v) is 3.01. The summed E-state index contributed by atoms with van der Waals surface area (Å²) >= 11 is 1.43. The van der Waals surface area contributed by atoms with Gasteiger partial charge in [0.05, 0.1) is 12.2 Å². The van der Waals surface area contributed by atoms with Gasteiger partial charge in [0.15, 0.2) is 0 Å². The van der Waals surface area contributed by atoms with Crippen molar-refractivity contribution in [3.8, 4) is 0 Å². The zero-order chi connectivity index (χ0) is 12.7. The fourth-order valence-corrected chi connectivity index (χ4v) is 2.03. The second kappa shape index (κ2) is 6.96. The fourth-order valence-electron chi connectivity index (χ4n) is 1.30. The van der Waals surface area contributed by atoms with Crippen LogP contribution in [0.1, 0.15) is 13.3 Å². The molecule has 0 aromatic heterocycles. The molecule has 0 aliphatic heterocycles. The van der Waals surface area contributed by atoms with Crippen molar-refractivity contribution in [2.45, 2.75) is 24.3 Å². The normalized spacial score (nSPS) is 11.8. The molecule has 5 heteroatoms. The topological polar surface area (TPSA) is 66.4 Å². The third kappa shape index (κ3) is 5.97. The van der Waals surface area contributed by atoms with Crippen LogP contribution in [0.2, 0.25) is 0 Å². The average molecular weight is 253 g/mol. The zero-order valence-electron chi connectivity index (χ0n) is 9.55. The second-order valence-corrected chi connectivity index (χ2v) is 4.72. The number of hydrogen-bond donors (Lipinski definition) is 2. The Kier molecular flexibility index (Phi) is 5.56. The Morgan fingerprint density at radius 3 is 2.59 bits per heavy atom. The Balaban J connectivity index is 2.28. The number of amides is 1. The number of hydrogen-bond acceptors (Lipinski definition) is 3. The summed E-state index contributed by atoms with van der Waals surface area (Å²) in [6.07, 6.45) is -0.0538.